The molecule has 1 saturated carbocycles. The Morgan fingerprint density at radius 1 is 1.53 bits per heavy atom. The zero-order valence-electron chi connectivity index (χ0n) is 8.30. The van der Waals surface area contributed by atoms with Gasteiger partial charge in [-0.3, -0.25) is 0 Å². The van der Waals surface area contributed by atoms with Gasteiger partial charge in [-0.1, -0.05) is 0 Å². The molecule has 0 spiro atoms. The first-order valence-corrected chi connectivity index (χ1v) is 5.76. The monoisotopic (exact) mass is 228 g/mol. The van der Waals surface area contributed by atoms with E-state index in [2.05, 4.69) is 9.55 Å². The first-order valence-electron chi connectivity index (χ1n) is 5.23. The van der Waals surface area contributed by atoms with Crippen LogP contribution in [0.2, 0.25) is 0 Å². The fourth-order valence-electron chi connectivity index (χ4n) is 1.84. The van der Waals surface area contributed by atoms with Crippen molar-refractivity contribution in [3.8, 4) is 0 Å². The van der Waals surface area contributed by atoms with Crippen LogP contribution in [0.4, 0.5) is 0 Å². The molecule has 4 nitrogen and oxygen atoms in total. The average Bonchev–Trinajstić information content (AvgIpc) is 2.83. The van der Waals surface area contributed by atoms with Gasteiger partial charge in [-0.05, 0) is 12.8 Å². The molecule has 0 N–H and O–H groups in total. The fraction of sp³-hybridized carbons (Fsp3) is 0.700. The van der Waals surface area contributed by atoms with Crippen molar-refractivity contribution in [3.05, 3.63) is 18.2 Å². The number of aromatic nitrogens is 2. The summed E-state index contributed by atoms with van der Waals surface area (Å²) in [5.74, 6) is 0.480. The van der Waals surface area contributed by atoms with Crippen LogP contribution in [-0.2, 0) is 9.47 Å². The van der Waals surface area contributed by atoms with Crippen molar-refractivity contribution < 1.29 is 9.47 Å². The third-order valence-electron chi connectivity index (χ3n) is 2.80. The molecule has 2 heterocycles. The van der Waals surface area contributed by atoms with Crippen LogP contribution >= 0.6 is 11.6 Å². The number of imidazole rings is 1. The molecule has 2 aliphatic rings. The lowest BCUT2D eigenvalue weighted by atomic mass is 10.4. The van der Waals surface area contributed by atoms with Gasteiger partial charge in [-0.15, -0.1) is 11.6 Å². The molecule has 3 rings (SSSR count). The fourth-order valence-corrected chi connectivity index (χ4v) is 2.00. The van der Waals surface area contributed by atoms with Crippen LogP contribution in [0.25, 0.3) is 0 Å². The molecule has 2 fully saturated rings. The maximum Gasteiger partial charge on any atom is 0.201 e. The Kier molecular flexibility index (Phi) is 2.42. The van der Waals surface area contributed by atoms with Crippen LogP contribution in [0.5, 0.6) is 0 Å². The van der Waals surface area contributed by atoms with E-state index in [4.69, 9.17) is 21.1 Å². The van der Waals surface area contributed by atoms with Gasteiger partial charge in [-0.2, -0.15) is 0 Å². The minimum absolute atomic E-state index is 0.0132. The Hall–Kier alpha value is -0.580. The smallest absolute Gasteiger partial charge is 0.201 e. The van der Waals surface area contributed by atoms with Crippen molar-refractivity contribution in [2.45, 2.75) is 31.3 Å². The Morgan fingerprint density at radius 2 is 2.40 bits per heavy atom. The van der Waals surface area contributed by atoms with E-state index in [1.54, 1.807) is 0 Å². The molecule has 15 heavy (non-hydrogen) atoms. The molecule has 0 amide bonds. The number of hydrogen-bond donors (Lipinski definition) is 0. The van der Waals surface area contributed by atoms with Gasteiger partial charge in [0.15, 0.2) is 0 Å². The summed E-state index contributed by atoms with van der Waals surface area (Å²) in [5.41, 5.74) is 1.02. The van der Waals surface area contributed by atoms with E-state index < -0.39 is 0 Å². The first-order chi connectivity index (χ1) is 7.38. The van der Waals surface area contributed by atoms with Crippen molar-refractivity contribution in [2.24, 2.45) is 0 Å². The first kappa shape index (κ1) is 9.63. The summed E-state index contributed by atoms with van der Waals surface area (Å²) in [5, 5.41) is 0. The zero-order valence-corrected chi connectivity index (χ0v) is 9.06. The summed E-state index contributed by atoms with van der Waals surface area (Å²) in [4.78, 5) is 4.15. The Labute approximate surface area is 93.1 Å². The molecule has 0 bridgehead atoms. The highest BCUT2D eigenvalue weighted by molar-refractivity contribution is 6.18. The summed E-state index contributed by atoms with van der Waals surface area (Å²) in [7, 11) is 0. The third-order valence-corrected chi connectivity index (χ3v) is 3.14. The van der Waals surface area contributed by atoms with Crippen LogP contribution in [-0.4, -0.2) is 28.1 Å². The van der Waals surface area contributed by atoms with Crippen molar-refractivity contribution in [3.63, 3.8) is 0 Å². The molecule has 1 aromatic heterocycles. The minimum Gasteiger partial charge on any atom is -0.344 e. The number of alkyl halides is 1. The predicted octanol–water partition coefficient (Wildman–Crippen LogP) is 1.87. The highest BCUT2D eigenvalue weighted by Gasteiger charge is 2.33. The normalized spacial score (nSPS) is 31.0. The van der Waals surface area contributed by atoms with Crippen LogP contribution in [0.15, 0.2) is 12.5 Å². The number of hydrogen-bond acceptors (Lipinski definition) is 3. The third kappa shape index (κ3) is 1.77. The van der Waals surface area contributed by atoms with Gasteiger partial charge in [0.1, 0.15) is 0 Å². The molecule has 2 atom stereocenters. The summed E-state index contributed by atoms with van der Waals surface area (Å²) >= 11 is 5.72. The molecular formula is C10H13ClN2O2. The molecule has 0 radical (unpaired) electrons. The predicted molar refractivity (Wildman–Crippen MR) is 54.8 cm³/mol. The summed E-state index contributed by atoms with van der Waals surface area (Å²) < 4.78 is 13.4. The quantitative estimate of drug-likeness (QED) is 0.741. The van der Waals surface area contributed by atoms with Crippen LogP contribution in [0.3, 0.4) is 0 Å². The topological polar surface area (TPSA) is 36.3 Å². The SMILES string of the molecule is ClCC1COC(c2cncn2C2CC2)O1. The number of nitrogens with zero attached hydrogens (tertiary/aromatic N) is 2. The molecule has 2 unspecified atom stereocenters. The highest BCUT2D eigenvalue weighted by atomic mass is 35.5. The van der Waals surface area contributed by atoms with E-state index in [9.17, 15) is 0 Å². The minimum atomic E-state index is -0.281. The maximum absolute atomic E-state index is 5.72. The molecule has 5 heteroatoms. The van der Waals surface area contributed by atoms with Gasteiger partial charge >= 0.3 is 0 Å². The maximum atomic E-state index is 5.72. The molecular weight excluding hydrogens is 216 g/mol. The van der Waals surface area contributed by atoms with Crippen molar-refractivity contribution in [1.29, 1.82) is 0 Å². The highest BCUT2D eigenvalue weighted by Crippen LogP contribution is 2.38. The Balaban J connectivity index is 1.78. The summed E-state index contributed by atoms with van der Waals surface area (Å²) in [6.07, 6.45) is 5.87. The van der Waals surface area contributed by atoms with Crippen LogP contribution < -0.4 is 0 Å². The summed E-state index contributed by atoms with van der Waals surface area (Å²) in [6, 6.07) is 0.602. The second-order valence-corrected chi connectivity index (χ2v) is 4.34. The van der Waals surface area contributed by atoms with Gasteiger partial charge in [0.2, 0.25) is 6.29 Å². The second-order valence-electron chi connectivity index (χ2n) is 4.03. The van der Waals surface area contributed by atoms with Gasteiger partial charge in [0.05, 0.1) is 36.8 Å². The zero-order chi connectivity index (χ0) is 10.3. The number of halogens is 1. The van der Waals surface area contributed by atoms with Gasteiger partial charge in [-0.25, -0.2) is 4.98 Å². The molecule has 1 aliphatic carbocycles. The largest absolute Gasteiger partial charge is 0.344 e. The van der Waals surface area contributed by atoms with Gasteiger partial charge in [0.25, 0.3) is 0 Å². The summed E-state index contributed by atoms with van der Waals surface area (Å²) in [6.45, 7) is 0.573. The van der Waals surface area contributed by atoms with E-state index in [0.717, 1.165) is 5.69 Å². The van der Waals surface area contributed by atoms with Crippen LogP contribution in [0, 0.1) is 0 Å². The lowest BCUT2D eigenvalue weighted by Crippen LogP contribution is -2.12. The van der Waals surface area contributed by atoms with Gasteiger partial charge in [0, 0.05) is 6.04 Å². The van der Waals surface area contributed by atoms with E-state index in [-0.39, 0.29) is 12.4 Å². The Morgan fingerprint density at radius 3 is 3.07 bits per heavy atom. The van der Waals surface area contributed by atoms with Crippen LogP contribution in [0.1, 0.15) is 30.9 Å². The standard InChI is InChI=1S/C10H13ClN2O2/c11-3-8-5-14-10(15-8)9-4-12-6-13(9)7-1-2-7/h4,6-8,10H,1-3,5H2. The average molecular weight is 229 g/mol. The molecule has 82 valence electrons. The molecule has 0 aromatic carbocycles. The lowest BCUT2D eigenvalue weighted by molar-refractivity contribution is -0.0620. The van der Waals surface area contributed by atoms with E-state index >= 15 is 0 Å². The molecule has 1 aromatic rings. The van der Waals surface area contributed by atoms with Crippen molar-refractivity contribution in [2.75, 3.05) is 12.5 Å². The molecule has 1 saturated heterocycles. The number of ether oxygens (including phenoxy) is 2. The molecule has 1 aliphatic heterocycles. The van der Waals surface area contributed by atoms with Gasteiger partial charge < -0.3 is 14.0 Å². The lowest BCUT2D eigenvalue weighted by Gasteiger charge is -2.12. The Bertz CT molecular complexity index is 351. The van der Waals surface area contributed by atoms with Crippen molar-refractivity contribution in [1.82, 2.24) is 9.55 Å². The number of rotatable bonds is 3. The van der Waals surface area contributed by atoms with E-state index in [1.807, 2.05) is 12.5 Å². The second kappa shape index (κ2) is 3.77. The van der Waals surface area contributed by atoms with Crippen molar-refractivity contribution >= 4 is 11.6 Å². The van der Waals surface area contributed by atoms with E-state index in [1.165, 1.54) is 12.8 Å². The van der Waals surface area contributed by atoms with E-state index in [0.29, 0.717) is 18.5 Å².